The number of imidazole rings is 1. The van der Waals surface area contributed by atoms with Gasteiger partial charge in [-0.15, -0.1) is 0 Å². The smallest absolute Gasteiger partial charge is 0.123 e. The third-order valence-corrected chi connectivity index (χ3v) is 3.56. The number of nitrogens with zero attached hydrogens (tertiary/aromatic N) is 2. The number of aromatic nitrogens is 2. The molecular formula is C15H12BrFN2. The molecule has 0 atom stereocenters. The van der Waals surface area contributed by atoms with E-state index in [-0.39, 0.29) is 5.82 Å². The number of aryl methyl sites for hydroxylation is 2. The van der Waals surface area contributed by atoms with Gasteiger partial charge >= 0.3 is 0 Å². The van der Waals surface area contributed by atoms with Crippen molar-refractivity contribution in [2.75, 3.05) is 0 Å². The topological polar surface area (TPSA) is 17.3 Å². The third kappa shape index (κ3) is 2.68. The normalized spacial score (nSPS) is 11.1. The van der Waals surface area contributed by atoms with Gasteiger partial charge in [-0.1, -0.05) is 12.1 Å². The average Bonchev–Trinajstić information content (AvgIpc) is 2.79. The Bertz CT molecular complexity index is 721. The Balaban J connectivity index is 1.84. The maximum Gasteiger partial charge on any atom is 0.123 e. The van der Waals surface area contributed by atoms with Crippen molar-refractivity contribution in [3.8, 4) is 0 Å². The van der Waals surface area contributed by atoms with E-state index in [1.165, 1.54) is 6.07 Å². The monoisotopic (exact) mass is 318 g/mol. The number of fused-ring (bicyclic) bond motifs is 1. The van der Waals surface area contributed by atoms with Crippen molar-refractivity contribution in [2.45, 2.75) is 12.8 Å². The van der Waals surface area contributed by atoms with E-state index in [1.807, 2.05) is 30.6 Å². The maximum absolute atomic E-state index is 13.1. The summed E-state index contributed by atoms with van der Waals surface area (Å²) in [4.78, 5) is 4.42. The molecule has 0 aliphatic heterocycles. The van der Waals surface area contributed by atoms with Gasteiger partial charge in [-0.25, -0.2) is 9.37 Å². The van der Waals surface area contributed by atoms with Gasteiger partial charge in [0.05, 0.1) is 11.7 Å². The molecule has 3 rings (SSSR count). The Morgan fingerprint density at radius 1 is 1.16 bits per heavy atom. The summed E-state index contributed by atoms with van der Waals surface area (Å²) in [6.07, 6.45) is 5.42. The van der Waals surface area contributed by atoms with E-state index in [2.05, 4.69) is 25.3 Å². The van der Waals surface area contributed by atoms with Gasteiger partial charge in [0, 0.05) is 17.1 Å². The minimum Gasteiger partial charge on any atom is -0.303 e. The molecule has 2 nitrogen and oxygen atoms in total. The van der Waals surface area contributed by atoms with Gasteiger partial charge in [0.15, 0.2) is 0 Å². The molecule has 0 aliphatic rings. The Labute approximate surface area is 119 Å². The van der Waals surface area contributed by atoms with Crippen LogP contribution in [0.4, 0.5) is 4.39 Å². The van der Waals surface area contributed by atoms with E-state index < -0.39 is 0 Å². The maximum atomic E-state index is 13.1. The summed E-state index contributed by atoms with van der Waals surface area (Å²) in [5.74, 6) is 0.800. The second kappa shape index (κ2) is 5.13. The average molecular weight is 319 g/mol. The van der Waals surface area contributed by atoms with Crippen LogP contribution in [0.5, 0.6) is 0 Å². The highest BCUT2D eigenvalue weighted by molar-refractivity contribution is 9.10. The molecule has 96 valence electrons. The quantitative estimate of drug-likeness (QED) is 0.713. The SMILES string of the molecule is Fc1cccc(CCc2ncc3ccc(Br)cn23)c1. The molecule has 0 radical (unpaired) electrons. The van der Waals surface area contributed by atoms with Crippen LogP contribution in [-0.4, -0.2) is 9.38 Å². The van der Waals surface area contributed by atoms with E-state index in [9.17, 15) is 4.39 Å². The Morgan fingerprint density at radius 2 is 2.05 bits per heavy atom. The van der Waals surface area contributed by atoms with Crippen LogP contribution in [0.3, 0.4) is 0 Å². The Hall–Kier alpha value is -1.68. The minimum absolute atomic E-state index is 0.187. The van der Waals surface area contributed by atoms with Crippen molar-refractivity contribution in [3.63, 3.8) is 0 Å². The summed E-state index contributed by atoms with van der Waals surface area (Å²) in [7, 11) is 0. The zero-order valence-corrected chi connectivity index (χ0v) is 11.8. The predicted octanol–water partition coefficient (Wildman–Crippen LogP) is 4.02. The molecule has 3 aromatic rings. The van der Waals surface area contributed by atoms with Gasteiger partial charge in [0.25, 0.3) is 0 Å². The lowest BCUT2D eigenvalue weighted by Gasteiger charge is -2.03. The predicted molar refractivity (Wildman–Crippen MR) is 76.7 cm³/mol. The summed E-state index contributed by atoms with van der Waals surface area (Å²) < 4.78 is 16.2. The van der Waals surface area contributed by atoms with Crippen LogP contribution in [0.2, 0.25) is 0 Å². The van der Waals surface area contributed by atoms with Crippen molar-refractivity contribution in [3.05, 3.63) is 70.5 Å². The van der Waals surface area contributed by atoms with Crippen LogP contribution in [0, 0.1) is 5.82 Å². The lowest BCUT2D eigenvalue weighted by molar-refractivity contribution is 0.625. The first-order valence-corrected chi connectivity index (χ1v) is 6.87. The second-order valence-corrected chi connectivity index (χ2v) is 5.36. The standard InChI is InChI=1S/C15H12BrFN2/c16-12-5-6-14-9-18-15(19(14)10-12)7-4-11-2-1-3-13(17)8-11/h1-3,5-6,8-10H,4,7H2. The molecule has 0 bridgehead atoms. The summed E-state index contributed by atoms with van der Waals surface area (Å²) in [5, 5.41) is 0. The van der Waals surface area contributed by atoms with Crippen molar-refractivity contribution < 1.29 is 4.39 Å². The number of pyridine rings is 1. The van der Waals surface area contributed by atoms with E-state index in [1.54, 1.807) is 12.1 Å². The van der Waals surface area contributed by atoms with E-state index in [4.69, 9.17) is 0 Å². The number of benzene rings is 1. The fraction of sp³-hybridized carbons (Fsp3) is 0.133. The summed E-state index contributed by atoms with van der Waals surface area (Å²) >= 11 is 3.46. The van der Waals surface area contributed by atoms with E-state index in [0.29, 0.717) is 0 Å². The lowest BCUT2D eigenvalue weighted by atomic mass is 10.1. The first-order valence-electron chi connectivity index (χ1n) is 6.08. The van der Waals surface area contributed by atoms with Crippen molar-refractivity contribution in [1.29, 1.82) is 0 Å². The molecule has 0 amide bonds. The molecule has 2 aromatic heterocycles. The Morgan fingerprint density at radius 3 is 2.89 bits per heavy atom. The van der Waals surface area contributed by atoms with Crippen LogP contribution in [0.25, 0.3) is 5.52 Å². The highest BCUT2D eigenvalue weighted by atomic mass is 79.9. The lowest BCUT2D eigenvalue weighted by Crippen LogP contribution is -1.98. The molecule has 4 heteroatoms. The van der Waals surface area contributed by atoms with E-state index in [0.717, 1.165) is 34.2 Å². The number of hydrogen-bond acceptors (Lipinski definition) is 1. The molecule has 1 aromatic carbocycles. The van der Waals surface area contributed by atoms with Crippen LogP contribution in [0.1, 0.15) is 11.4 Å². The van der Waals surface area contributed by atoms with Gasteiger partial charge < -0.3 is 4.40 Å². The zero-order chi connectivity index (χ0) is 13.2. The molecule has 0 fully saturated rings. The first-order chi connectivity index (χ1) is 9.22. The summed E-state index contributed by atoms with van der Waals surface area (Å²) in [5.41, 5.74) is 2.06. The van der Waals surface area contributed by atoms with Gasteiger partial charge in [-0.05, 0) is 52.2 Å². The van der Waals surface area contributed by atoms with Crippen molar-refractivity contribution in [1.82, 2.24) is 9.38 Å². The highest BCUT2D eigenvalue weighted by Gasteiger charge is 2.04. The van der Waals surface area contributed by atoms with Gasteiger partial charge in [0.1, 0.15) is 11.6 Å². The fourth-order valence-electron chi connectivity index (χ4n) is 2.15. The molecule has 0 saturated heterocycles. The molecule has 0 N–H and O–H groups in total. The van der Waals surface area contributed by atoms with Crippen LogP contribution in [0.15, 0.2) is 53.3 Å². The highest BCUT2D eigenvalue weighted by Crippen LogP contribution is 2.15. The molecular weight excluding hydrogens is 307 g/mol. The molecule has 19 heavy (non-hydrogen) atoms. The molecule has 0 spiro atoms. The zero-order valence-electron chi connectivity index (χ0n) is 10.2. The van der Waals surface area contributed by atoms with Gasteiger partial charge in [-0.3, -0.25) is 0 Å². The Kier molecular flexibility index (Phi) is 3.34. The second-order valence-electron chi connectivity index (χ2n) is 4.45. The van der Waals surface area contributed by atoms with E-state index >= 15 is 0 Å². The van der Waals surface area contributed by atoms with Crippen LogP contribution in [-0.2, 0) is 12.8 Å². The number of hydrogen-bond donors (Lipinski definition) is 0. The molecule has 0 aliphatic carbocycles. The summed E-state index contributed by atoms with van der Waals surface area (Å²) in [6, 6.07) is 10.7. The van der Waals surface area contributed by atoms with Crippen LogP contribution >= 0.6 is 15.9 Å². The minimum atomic E-state index is -0.187. The first kappa shape index (κ1) is 12.4. The van der Waals surface area contributed by atoms with Crippen molar-refractivity contribution >= 4 is 21.4 Å². The fourth-order valence-corrected chi connectivity index (χ4v) is 2.49. The molecule has 2 heterocycles. The largest absolute Gasteiger partial charge is 0.303 e. The number of rotatable bonds is 3. The van der Waals surface area contributed by atoms with Gasteiger partial charge in [-0.2, -0.15) is 0 Å². The van der Waals surface area contributed by atoms with Gasteiger partial charge in [0.2, 0.25) is 0 Å². The molecule has 0 saturated carbocycles. The third-order valence-electron chi connectivity index (χ3n) is 3.09. The molecule has 0 unspecified atom stereocenters. The van der Waals surface area contributed by atoms with Crippen molar-refractivity contribution in [2.24, 2.45) is 0 Å². The number of halogens is 2. The van der Waals surface area contributed by atoms with Crippen LogP contribution < -0.4 is 0 Å². The summed E-state index contributed by atoms with van der Waals surface area (Å²) in [6.45, 7) is 0.